The predicted octanol–water partition coefficient (Wildman–Crippen LogP) is 4.57. The van der Waals surface area contributed by atoms with Gasteiger partial charge in [-0.05, 0) is 55.5 Å². The third kappa shape index (κ3) is 4.25. The average Bonchev–Trinajstić information content (AvgIpc) is 3.18. The number of benzene rings is 2. The van der Waals surface area contributed by atoms with Crippen molar-refractivity contribution in [2.75, 3.05) is 32.0 Å². The first kappa shape index (κ1) is 23.4. The zero-order chi connectivity index (χ0) is 23.9. The fraction of sp³-hybridized carbons (Fsp3) is 0.481. The third-order valence-electron chi connectivity index (χ3n) is 7.48. The largest absolute Gasteiger partial charge is 0.492 e. The molecule has 7 heteroatoms. The second-order valence-corrected chi connectivity index (χ2v) is 11.9. The second-order valence-electron chi connectivity index (χ2n) is 9.70. The maximum absolute atomic E-state index is 13.2. The van der Waals surface area contributed by atoms with Gasteiger partial charge in [-0.1, -0.05) is 43.7 Å². The van der Waals surface area contributed by atoms with E-state index in [2.05, 4.69) is 28.9 Å². The van der Waals surface area contributed by atoms with Gasteiger partial charge in [0.2, 0.25) is 10.0 Å². The van der Waals surface area contributed by atoms with Gasteiger partial charge in [0.15, 0.2) is 0 Å². The molecule has 0 bridgehead atoms. The molecule has 2 aliphatic rings. The van der Waals surface area contributed by atoms with Gasteiger partial charge >= 0.3 is 0 Å². The Balaban J connectivity index is 1.41. The zero-order valence-electron chi connectivity index (χ0n) is 20.3. The number of H-pyrrole nitrogens is 1. The lowest BCUT2D eigenvalue weighted by molar-refractivity contribution is 0.0806. The summed E-state index contributed by atoms with van der Waals surface area (Å²) in [6, 6.07) is 15.7. The van der Waals surface area contributed by atoms with Crippen LogP contribution in [-0.2, 0) is 16.4 Å². The summed E-state index contributed by atoms with van der Waals surface area (Å²) in [5.74, 6) is 1.75. The first-order chi connectivity index (χ1) is 16.4. The highest BCUT2D eigenvalue weighted by molar-refractivity contribution is 7.89. The molecule has 34 heavy (non-hydrogen) atoms. The van der Waals surface area contributed by atoms with Crippen molar-refractivity contribution in [2.24, 2.45) is 5.92 Å². The molecule has 2 atom stereocenters. The summed E-state index contributed by atoms with van der Waals surface area (Å²) < 4.78 is 34.1. The molecule has 2 aromatic carbocycles. The van der Waals surface area contributed by atoms with Crippen LogP contribution >= 0.6 is 0 Å². The molecule has 0 spiro atoms. The molecule has 0 unspecified atom stereocenters. The monoisotopic (exact) mass is 481 g/mol. The summed E-state index contributed by atoms with van der Waals surface area (Å²) in [4.78, 5) is 5.98. The Morgan fingerprint density at radius 2 is 1.79 bits per heavy atom. The van der Waals surface area contributed by atoms with Crippen LogP contribution in [0.25, 0.3) is 10.9 Å². The smallest absolute Gasteiger partial charge is 0.215 e. The summed E-state index contributed by atoms with van der Waals surface area (Å²) >= 11 is 0. The molecular formula is C27H35N3O3S. The number of para-hydroxylation sites is 1. The minimum atomic E-state index is -3.41. The van der Waals surface area contributed by atoms with E-state index in [-0.39, 0.29) is 17.8 Å². The Morgan fingerprint density at radius 1 is 1.06 bits per heavy atom. The molecule has 6 nitrogen and oxygen atoms in total. The minimum absolute atomic E-state index is 0.0833. The van der Waals surface area contributed by atoms with Crippen molar-refractivity contribution in [3.8, 4) is 5.75 Å². The number of aromatic nitrogens is 1. The highest BCUT2D eigenvalue weighted by Crippen LogP contribution is 2.42. The van der Waals surface area contributed by atoms with Crippen LogP contribution in [0.4, 0.5) is 0 Å². The summed E-state index contributed by atoms with van der Waals surface area (Å²) in [6.07, 6.45) is 1.95. The van der Waals surface area contributed by atoms with E-state index in [1.165, 1.54) is 30.5 Å². The van der Waals surface area contributed by atoms with Crippen LogP contribution < -0.4 is 4.74 Å². The van der Waals surface area contributed by atoms with E-state index in [0.717, 1.165) is 35.0 Å². The summed E-state index contributed by atoms with van der Waals surface area (Å²) in [5, 5.41) is 1.18. The highest BCUT2D eigenvalue weighted by atomic mass is 32.2. The van der Waals surface area contributed by atoms with Crippen molar-refractivity contribution in [3.63, 3.8) is 0 Å². The Morgan fingerprint density at radius 3 is 2.50 bits per heavy atom. The van der Waals surface area contributed by atoms with Gasteiger partial charge in [-0.15, -0.1) is 0 Å². The molecule has 3 heterocycles. The zero-order valence-corrected chi connectivity index (χ0v) is 21.1. The first-order valence-corrected chi connectivity index (χ1v) is 14.1. The van der Waals surface area contributed by atoms with Gasteiger partial charge < -0.3 is 9.72 Å². The molecule has 0 amide bonds. The fourth-order valence-electron chi connectivity index (χ4n) is 5.50. The number of nitrogens with zero attached hydrogens (tertiary/aromatic N) is 2. The number of hydrogen-bond acceptors (Lipinski definition) is 4. The van der Waals surface area contributed by atoms with Gasteiger partial charge in [0, 0.05) is 42.3 Å². The van der Waals surface area contributed by atoms with Crippen molar-refractivity contribution in [2.45, 2.75) is 45.7 Å². The molecule has 1 N–H and O–H groups in total. The molecule has 1 fully saturated rings. The fourth-order valence-corrected chi connectivity index (χ4v) is 6.96. The van der Waals surface area contributed by atoms with Crippen LogP contribution in [0, 0.1) is 5.92 Å². The van der Waals surface area contributed by atoms with E-state index in [1.807, 2.05) is 43.3 Å². The quantitative estimate of drug-likeness (QED) is 0.512. The Hall–Kier alpha value is -2.35. The van der Waals surface area contributed by atoms with Crippen LogP contribution in [0.3, 0.4) is 0 Å². The molecule has 1 aromatic heterocycles. The first-order valence-electron chi connectivity index (χ1n) is 12.5. The topological polar surface area (TPSA) is 65.6 Å². The second kappa shape index (κ2) is 9.36. The van der Waals surface area contributed by atoms with Crippen molar-refractivity contribution < 1.29 is 13.2 Å². The lowest BCUT2D eigenvalue weighted by Crippen LogP contribution is -2.47. The molecule has 5 rings (SSSR count). The number of likely N-dealkylation sites (tertiary alicyclic amines) is 1. The lowest BCUT2D eigenvalue weighted by Gasteiger charge is -2.39. The van der Waals surface area contributed by atoms with Crippen molar-refractivity contribution in [1.82, 2.24) is 14.2 Å². The minimum Gasteiger partial charge on any atom is -0.492 e. The van der Waals surface area contributed by atoms with Gasteiger partial charge in [-0.3, -0.25) is 4.90 Å². The van der Waals surface area contributed by atoms with Gasteiger partial charge in [0.25, 0.3) is 0 Å². The number of sulfonamides is 1. The molecular weight excluding hydrogens is 446 g/mol. The lowest BCUT2D eigenvalue weighted by atomic mass is 9.91. The Kier molecular flexibility index (Phi) is 6.44. The van der Waals surface area contributed by atoms with Crippen LogP contribution in [0.5, 0.6) is 5.75 Å². The maximum atomic E-state index is 13.2. The molecule has 3 aromatic rings. The van der Waals surface area contributed by atoms with Crippen LogP contribution in [0.15, 0.2) is 48.5 Å². The van der Waals surface area contributed by atoms with E-state index in [1.54, 1.807) is 11.2 Å². The SMILES string of the molecule is CCC1CN(CCOc2ccc([C@@H]3c4[nH]c5ccccc5c4C[C@@H](C)N3S(=O)(=O)CC)cc2)C1. The molecule has 182 valence electrons. The van der Waals surface area contributed by atoms with E-state index in [4.69, 9.17) is 4.74 Å². The van der Waals surface area contributed by atoms with Gasteiger partial charge in [0.05, 0.1) is 11.8 Å². The molecule has 0 aliphatic carbocycles. The number of nitrogens with one attached hydrogen (secondary N) is 1. The number of ether oxygens (including phenoxy) is 1. The number of rotatable bonds is 8. The van der Waals surface area contributed by atoms with E-state index >= 15 is 0 Å². The van der Waals surface area contributed by atoms with Crippen molar-refractivity contribution in [3.05, 3.63) is 65.4 Å². The highest BCUT2D eigenvalue weighted by Gasteiger charge is 2.41. The standard InChI is InChI=1S/C27H35N3O3S/c1-4-20-17-29(18-20)14-15-33-22-12-10-21(11-13-22)27-26-24(23-8-6-7-9-25(23)28-26)16-19(3)30(27)34(31,32)5-2/h6-13,19-20,27-28H,4-5,14-18H2,1-3H3/t19-,27-/m1/s1. The number of hydrogen-bond donors (Lipinski definition) is 1. The van der Waals surface area contributed by atoms with Gasteiger partial charge in [0.1, 0.15) is 12.4 Å². The number of aromatic amines is 1. The molecule has 0 saturated carbocycles. The van der Waals surface area contributed by atoms with Crippen LogP contribution in [-0.4, -0.2) is 60.6 Å². The maximum Gasteiger partial charge on any atom is 0.215 e. The normalized spacial score (nSPS) is 22.0. The third-order valence-corrected chi connectivity index (χ3v) is 9.42. The Bertz CT molecular complexity index is 1250. The van der Waals surface area contributed by atoms with E-state index in [0.29, 0.717) is 13.0 Å². The molecule has 2 aliphatic heterocycles. The van der Waals surface area contributed by atoms with Gasteiger partial charge in [-0.2, -0.15) is 4.31 Å². The van der Waals surface area contributed by atoms with E-state index in [9.17, 15) is 8.42 Å². The van der Waals surface area contributed by atoms with Crippen molar-refractivity contribution in [1.29, 1.82) is 0 Å². The predicted molar refractivity (Wildman–Crippen MR) is 137 cm³/mol. The Labute approximate surface area is 203 Å². The molecule has 1 saturated heterocycles. The summed E-state index contributed by atoms with van der Waals surface area (Å²) in [6.45, 7) is 9.94. The van der Waals surface area contributed by atoms with Gasteiger partial charge in [-0.25, -0.2) is 8.42 Å². The van der Waals surface area contributed by atoms with Crippen LogP contribution in [0.2, 0.25) is 0 Å². The summed E-state index contributed by atoms with van der Waals surface area (Å²) in [7, 11) is -3.41. The summed E-state index contributed by atoms with van der Waals surface area (Å²) in [5.41, 5.74) is 4.21. The average molecular weight is 482 g/mol. The molecule has 0 radical (unpaired) electrons. The number of fused-ring (bicyclic) bond motifs is 3. The van der Waals surface area contributed by atoms with Crippen LogP contribution in [0.1, 0.15) is 50.1 Å². The van der Waals surface area contributed by atoms with Crippen molar-refractivity contribution >= 4 is 20.9 Å². The van der Waals surface area contributed by atoms with E-state index < -0.39 is 10.0 Å².